The summed E-state index contributed by atoms with van der Waals surface area (Å²) < 4.78 is 0. The Morgan fingerprint density at radius 3 is 2.47 bits per heavy atom. The molecule has 19 heavy (non-hydrogen) atoms. The van der Waals surface area contributed by atoms with Crippen LogP contribution in [0.15, 0.2) is 0 Å². The highest BCUT2D eigenvalue weighted by molar-refractivity contribution is 5.78. The van der Waals surface area contributed by atoms with Crippen LogP contribution >= 0.6 is 0 Å². The maximum atomic E-state index is 11.9. The van der Waals surface area contributed by atoms with Gasteiger partial charge in [-0.15, -0.1) is 0 Å². The van der Waals surface area contributed by atoms with Gasteiger partial charge < -0.3 is 10.2 Å². The summed E-state index contributed by atoms with van der Waals surface area (Å²) in [5, 5.41) is 3.23. The third-order valence-electron chi connectivity index (χ3n) is 4.20. The highest BCUT2D eigenvalue weighted by atomic mass is 16.1. The zero-order valence-electron chi connectivity index (χ0n) is 13.4. The summed E-state index contributed by atoms with van der Waals surface area (Å²) in [6.07, 6.45) is 3.64. The first-order chi connectivity index (χ1) is 8.93. The monoisotopic (exact) mass is 268 g/mol. The number of unbranched alkanes of at least 4 members (excludes halogenated alkanes) is 1. The van der Waals surface area contributed by atoms with Crippen LogP contribution in [-0.2, 0) is 4.79 Å². The molecule has 1 heterocycles. The van der Waals surface area contributed by atoms with Gasteiger partial charge in [0, 0.05) is 25.0 Å². The number of nitrogens with one attached hydrogen (secondary N) is 1. The summed E-state index contributed by atoms with van der Waals surface area (Å²) in [7, 11) is 0. The molecule has 0 spiro atoms. The van der Waals surface area contributed by atoms with Crippen molar-refractivity contribution in [1.29, 1.82) is 0 Å². The molecule has 112 valence electrons. The molecule has 2 atom stereocenters. The number of nitrogens with zero attached hydrogens (tertiary/aromatic N) is 1. The number of rotatable bonds is 6. The van der Waals surface area contributed by atoms with Gasteiger partial charge in [0.05, 0.1) is 0 Å². The predicted octanol–water partition coefficient (Wildman–Crippen LogP) is 2.91. The van der Waals surface area contributed by atoms with Crippen LogP contribution in [0.25, 0.3) is 0 Å². The normalized spacial score (nSPS) is 25.0. The van der Waals surface area contributed by atoms with E-state index in [1.54, 1.807) is 0 Å². The first kappa shape index (κ1) is 16.5. The van der Waals surface area contributed by atoms with E-state index in [4.69, 9.17) is 0 Å². The Kier molecular flexibility index (Phi) is 6.84. The summed E-state index contributed by atoms with van der Waals surface area (Å²) in [4.78, 5) is 14.4. The number of carbonyl (C=O) groups is 1. The van der Waals surface area contributed by atoms with Crippen LogP contribution in [0, 0.1) is 17.8 Å². The molecule has 1 aliphatic rings. The van der Waals surface area contributed by atoms with Crippen LogP contribution in [0.2, 0.25) is 0 Å². The molecule has 1 saturated heterocycles. The molecule has 0 aromatic heterocycles. The van der Waals surface area contributed by atoms with Gasteiger partial charge in [0.25, 0.3) is 0 Å². The first-order valence-electron chi connectivity index (χ1n) is 7.96. The molecule has 1 fully saturated rings. The largest absolute Gasteiger partial charge is 0.352 e. The van der Waals surface area contributed by atoms with Crippen molar-refractivity contribution in [3.05, 3.63) is 0 Å². The Labute approximate surface area is 119 Å². The van der Waals surface area contributed by atoms with Gasteiger partial charge >= 0.3 is 0 Å². The second-order valence-electron chi connectivity index (χ2n) is 6.71. The second-order valence-corrected chi connectivity index (χ2v) is 6.71. The van der Waals surface area contributed by atoms with E-state index in [1.807, 2.05) is 13.8 Å². The van der Waals surface area contributed by atoms with E-state index < -0.39 is 0 Å². The van der Waals surface area contributed by atoms with Crippen LogP contribution in [0.4, 0.5) is 0 Å². The fourth-order valence-electron chi connectivity index (χ4n) is 2.75. The minimum Gasteiger partial charge on any atom is -0.352 e. The number of hydrogen-bond donors (Lipinski definition) is 1. The molecular formula is C16H32N2O. The molecule has 0 saturated carbocycles. The molecule has 0 bridgehead atoms. The molecule has 0 aromatic rings. The molecule has 2 unspecified atom stereocenters. The highest BCUT2D eigenvalue weighted by Crippen LogP contribution is 2.24. The Hall–Kier alpha value is -0.570. The fraction of sp³-hybridized carbons (Fsp3) is 0.938. The number of amides is 1. The average Bonchev–Trinajstić information content (AvgIpc) is 2.35. The van der Waals surface area contributed by atoms with Gasteiger partial charge in [-0.3, -0.25) is 4.79 Å². The maximum Gasteiger partial charge on any atom is 0.222 e. The highest BCUT2D eigenvalue weighted by Gasteiger charge is 2.29. The van der Waals surface area contributed by atoms with E-state index >= 15 is 0 Å². The van der Waals surface area contributed by atoms with E-state index in [-0.39, 0.29) is 11.8 Å². The summed E-state index contributed by atoms with van der Waals surface area (Å²) in [5.74, 6) is 1.69. The van der Waals surface area contributed by atoms with E-state index in [0.717, 1.165) is 13.0 Å². The van der Waals surface area contributed by atoms with Crippen molar-refractivity contribution < 1.29 is 4.79 Å². The van der Waals surface area contributed by atoms with Crippen LogP contribution in [-0.4, -0.2) is 36.5 Å². The lowest BCUT2D eigenvalue weighted by atomic mass is 9.85. The van der Waals surface area contributed by atoms with Gasteiger partial charge in [-0.2, -0.15) is 0 Å². The minimum absolute atomic E-state index is 0.0866. The fourth-order valence-corrected chi connectivity index (χ4v) is 2.75. The van der Waals surface area contributed by atoms with E-state index in [2.05, 4.69) is 31.0 Å². The zero-order chi connectivity index (χ0) is 14.4. The minimum atomic E-state index is 0.0866. The van der Waals surface area contributed by atoms with Crippen molar-refractivity contribution in [2.75, 3.05) is 19.6 Å². The van der Waals surface area contributed by atoms with Gasteiger partial charge in [-0.25, -0.2) is 0 Å². The molecule has 3 heteroatoms. The standard InChI is InChI=1S/C16H32N2O/c1-6-7-8-18-10-14(12(2)3)9-15(11-18)17-16(19)13(4)5/h12-15H,6-11H2,1-5H3,(H,17,19). The summed E-state index contributed by atoms with van der Waals surface area (Å²) in [6.45, 7) is 14.2. The van der Waals surface area contributed by atoms with Gasteiger partial charge in [-0.1, -0.05) is 41.0 Å². The lowest BCUT2D eigenvalue weighted by molar-refractivity contribution is -0.125. The molecular weight excluding hydrogens is 236 g/mol. The summed E-state index contributed by atoms with van der Waals surface area (Å²) >= 11 is 0. The van der Waals surface area contributed by atoms with Crippen molar-refractivity contribution in [2.24, 2.45) is 17.8 Å². The van der Waals surface area contributed by atoms with Crippen LogP contribution in [0.5, 0.6) is 0 Å². The topological polar surface area (TPSA) is 32.3 Å². The maximum absolute atomic E-state index is 11.9. The van der Waals surface area contributed by atoms with Gasteiger partial charge in [0.1, 0.15) is 0 Å². The number of carbonyl (C=O) groups excluding carboxylic acids is 1. The second kappa shape index (κ2) is 7.88. The van der Waals surface area contributed by atoms with Gasteiger partial charge in [0.2, 0.25) is 5.91 Å². The molecule has 0 aliphatic carbocycles. The number of hydrogen-bond acceptors (Lipinski definition) is 2. The van der Waals surface area contributed by atoms with E-state index in [0.29, 0.717) is 17.9 Å². The van der Waals surface area contributed by atoms with Gasteiger partial charge in [0.15, 0.2) is 0 Å². The molecule has 1 rings (SSSR count). The SMILES string of the molecule is CCCCN1CC(NC(=O)C(C)C)CC(C(C)C)C1. The molecule has 0 radical (unpaired) electrons. The smallest absolute Gasteiger partial charge is 0.222 e. The quantitative estimate of drug-likeness (QED) is 0.803. The molecule has 0 aromatic carbocycles. The third-order valence-corrected chi connectivity index (χ3v) is 4.20. The van der Waals surface area contributed by atoms with Crippen molar-refractivity contribution in [2.45, 2.75) is 59.9 Å². The Balaban J connectivity index is 2.56. The number of piperidine rings is 1. The Morgan fingerprint density at radius 2 is 1.95 bits per heavy atom. The van der Waals surface area contributed by atoms with Crippen molar-refractivity contribution in [3.63, 3.8) is 0 Å². The molecule has 1 N–H and O–H groups in total. The van der Waals surface area contributed by atoms with Crippen LogP contribution in [0.3, 0.4) is 0 Å². The Bertz CT molecular complexity index is 276. The lowest BCUT2D eigenvalue weighted by Gasteiger charge is -2.40. The van der Waals surface area contributed by atoms with Gasteiger partial charge in [-0.05, 0) is 31.2 Å². The third kappa shape index (κ3) is 5.52. The van der Waals surface area contributed by atoms with E-state index in [1.165, 1.54) is 25.9 Å². The first-order valence-corrected chi connectivity index (χ1v) is 7.96. The summed E-state index contributed by atoms with van der Waals surface area (Å²) in [5.41, 5.74) is 0. The number of likely N-dealkylation sites (tertiary alicyclic amines) is 1. The van der Waals surface area contributed by atoms with Crippen molar-refractivity contribution in [3.8, 4) is 0 Å². The van der Waals surface area contributed by atoms with Crippen molar-refractivity contribution >= 4 is 5.91 Å². The zero-order valence-corrected chi connectivity index (χ0v) is 13.4. The van der Waals surface area contributed by atoms with Crippen LogP contribution in [0.1, 0.15) is 53.9 Å². The average molecular weight is 268 g/mol. The molecule has 1 aliphatic heterocycles. The lowest BCUT2D eigenvalue weighted by Crippen LogP contribution is -2.52. The van der Waals surface area contributed by atoms with E-state index in [9.17, 15) is 4.79 Å². The Morgan fingerprint density at radius 1 is 1.26 bits per heavy atom. The predicted molar refractivity (Wildman–Crippen MR) is 81.1 cm³/mol. The molecule has 3 nitrogen and oxygen atoms in total. The van der Waals surface area contributed by atoms with Crippen LogP contribution < -0.4 is 5.32 Å². The van der Waals surface area contributed by atoms with Crippen molar-refractivity contribution in [1.82, 2.24) is 10.2 Å². The summed E-state index contributed by atoms with van der Waals surface area (Å²) in [6, 6.07) is 0.341. The molecule has 1 amide bonds.